The van der Waals surface area contributed by atoms with Crippen LogP contribution in [0.2, 0.25) is 0 Å². The van der Waals surface area contributed by atoms with Gasteiger partial charge in [-0.15, -0.1) is 0 Å². The summed E-state index contributed by atoms with van der Waals surface area (Å²) in [5.74, 6) is 0. The molecule has 0 fully saturated rings. The van der Waals surface area contributed by atoms with E-state index in [1.54, 1.807) is 6.08 Å². The average molecular weight is 115 g/mol. The molecule has 1 aliphatic heterocycles. The van der Waals surface area contributed by atoms with E-state index in [1.807, 2.05) is 12.2 Å². The second kappa shape index (κ2) is 2.03. The smallest absolute Gasteiger partial charge is 0.0772 e. The Bertz CT molecular complexity index is 107. The maximum absolute atomic E-state index is 5.46. The number of halogens is 1. The van der Waals surface area contributed by atoms with Crippen molar-refractivity contribution in [2.45, 2.75) is 0 Å². The fraction of sp³-hybridized carbons (Fsp3) is 0.200. The summed E-state index contributed by atoms with van der Waals surface area (Å²) in [5.41, 5.74) is 0. The Morgan fingerprint density at radius 2 is 2.57 bits per heavy atom. The molecule has 37 valence electrons. The Kier molecular flexibility index (Phi) is 1.37. The van der Waals surface area contributed by atoms with Gasteiger partial charge in [-0.05, 0) is 6.08 Å². The lowest BCUT2D eigenvalue weighted by atomic mass is 10.4. The summed E-state index contributed by atoms with van der Waals surface area (Å²) in [6.07, 6.45) is 8.42. The highest BCUT2D eigenvalue weighted by Crippen LogP contribution is 1.98. The minimum atomic E-state index is 0.762. The van der Waals surface area contributed by atoms with Crippen molar-refractivity contribution in [3.05, 3.63) is 24.4 Å². The fourth-order valence-corrected chi connectivity index (χ4v) is 0.534. The van der Waals surface area contributed by atoms with Crippen LogP contribution in [0, 0.1) is 6.20 Å². The van der Waals surface area contributed by atoms with Gasteiger partial charge in [-0.25, -0.2) is 0 Å². The third kappa shape index (κ3) is 1.24. The molecule has 1 radical (unpaired) electrons. The first kappa shape index (κ1) is 4.72. The van der Waals surface area contributed by atoms with Gasteiger partial charge >= 0.3 is 0 Å². The predicted molar refractivity (Wildman–Crippen MR) is 29.5 cm³/mol. The first-order valence-electron chi connectivity index (χ1n) is 2.07. The summed E-state index contributed by atoms with van der Waals surface area (Å²) < 4.78 is 1.47. The van der Waals surface area contributed by atoms with Crippen molar-refractivity contribution >= 4 is 11.8 Å². The summed E-state index contributed by atoms with van der Waals surface area (Å²) >= 11 is 5.46. The molecule has 0 saturated carbocycles. The molecule has 1 heterocycles. The van der Waals surface area contributed by atoms with Gasteiger partial charge in [0.25, 0.3) is 0 Å². The van der Waals surface area contributed by atoms with E-state index < -0.39 is 0 Å². The molecule has 0 saturated heterocycles. The monoisotopic (exact) mass is 114 g/mol. The fourth-order valence-electron chi connectivity index (χ4n) is 0.398. The maximum Gasteiger partial charge on any atom is 0.0772 e. The number of hydrogen-bond acceptors (Lipinski definition) is 1. The van der Waals surface area contributed by atoms with Crippen LogP contribution in [0.15, 0.2) is 18.2 Å². The molecular formula is C5H5ClN. The summed E-state index contributed by atoms with van der Waals surface area (Å²) in [6, 6.07) is 0. The molecule has 1 rings (SSSR count). The van der Waals surface area contributed by atoms with Gasteiger partial charge in [0.15, 0.2) is 0 Å². The minimum Gasteiger partial charge on any atom is -0.279 e. The van der Waals surface area contributed by atoms with Crippen molar-refractivity contribution in [1.29, 1.82) is 0 Å². The molecule has 0 amide bonds. The summed E-state index contributed by atoms with van der Waals surface area (Å²) in [7, 11) is 0. The molecule has 0 N–H and O–H groups in total. The van der Waals surface area contributed by atoms with Gasteiger partial charge in [0, 0.05) is 11.8 Å². The van der Waals surface area contributed by atoms with Crippen LogP contribution < -0.4 is 0 Å². The zero-order valence-corrected chi connectivity index (χ0v) is 4.52. The number of allylic oxidation sites excluding steroid dienone is 2. The van der Waals surface area contributed by atoms with Gasteiger partial charge in [0.1, 0.15) is 0 Å². The first-order chi connectivity index (χ1) is 3.39. The normalized spacial score (nSPS) is 18.1. The van der Waals surface area contributed by atoms with Gasteiger partial charge in [-0.1, -0.05) is 12.2 Å². The van der Waals surface area contributed by atoms with Gasteiger partial charge in [0.05, 0.1) is 12.7 Å². The number of hydrogen-bond donors (Lipinski definition) is 0. The third-order valence-electron chi connectivity index (χ3n) is 0.713. The summed E-state index contributed by atoms with van der Waals surface area (Å²) in [4.78, 5) is 0. The van der Waals surface area contributed by atoms with Gasteiger partial charge < -0.3 is 0 Å². The Morgan fingerprint density at radius 3 is 2.86 bits per heavy atom. The Hall–Kier alpha value is -0.430. The van der Waals surface area contributed by atoms with Gasteiger partial charge in [-0.2, -0.15) is 0 Å². The van der Waals surface area contributed by atoms with Crippen LogP contribution in [0.4, 0.5) is 0 Å². The molecule has 1 aliphatic rings. The Labute approximate surface area is 48.0 Å². The van der Waals surface area contributed by atoms with Crippen molar-refractivity contribution in [3.8, 4) is 0 Å². The molecule has 2 heteroatoms. The zero-order valence-electron chi connectivity index (χ0n) is 3.76. The second-order valence-corrected chi connectivity index (χ2v) is 1.68. The quantitative estimate of drug-likeness (QED) is 0.430. The van der Waals surface area contributed by atoms with Crippen molar-refractivity contribution < 1.29 is 0 Å². The van der Waals surface area contributed by atoms with Crippen molar-refractivity contribution in [3.63, 3.8) is 0 Å². The van der Waals surface area contributed by atoms with Crippen LogP contribution in [-0.2, 0) is 0 Å². The Balaban J connectivity index is 2.49. The molecule has 0 bridgehead atoms. The van der Waals surface area contributed by atoms with Crippen LogP contribution in [0.1, 0.15) is 0 Å². The largest absolute Gasteiger partial charge is 0.279 e. The molecule has 0 unspecified atom stereocenters. The molecule has 0 aliphatic carbocycles. The van der Waals surface area contributed by atoms with E-state index in [4.69, 9.17) is 11.8 Å². The highest BCUT2D eigenvalue weighted by Gasteiger charge is 1.90. The number of nitrogens with zero attached hydrogens (tertiary/aromatic N) is 1. The molecule has 0 atom stereocenters. The Morgan fingerprint density at radius 1 is 1.71 bits per heavy atom. The number of rotatable bonds is 0. The topological polar surface area (TPSA) is 3.24 Å². The molecule has 0 aromatic rings. The maximum atomic E-state index is 5.46. The predicted octanol–water partition coefficient (Wildman–Crippen LogP) is 1.33. The van der Waals surface area contributed by atoms with E-state index >= 15 is 0 Å². The molecular weight excluding hydrogens is 110 g/mol. The first-order valence-corrected chi connectivity index (χ1v) is 2.41. The molecule has 0 aromatic heterocycles. The van der Waals surface area contributed by atoms with E-state index in [0.29, 0.717) is 0 Å². The summed E-state index contributed by atoms with van der Waals surface area (Å²) in [5, 5.41) is 0. The van der Waals surface area contributed by atoms with E-state index in [-0.39, 0.29) is 0 Å². The van der Waals surface area contributed by atoms with E-state index in [1.165, 1.54) is 4.42 Å². The minimum absolute atomic E-state index is 0.762. The second-order valence-electron chi connectivity index (χ2n) is 1.27. The molecule has 0 aromatic carbocycles. The van der Waals surface area contributed by atoms with Crippen LogP contribution in [0.5, 0.6) is 0 Å². The zero-order chi connectivity index (χ0) is 5.11. The molecule has 7 heavy (non-hydrogen) atoms. The van der Waals surface area contributed by atoms with Crippen LogP contribution in [-0.4, -0.2) is 11.0 Å². The standard InChI is InChI=1S/C5H5ClN/c6-7-4-2-1-3-5-7/h1-3H,4H2. The van der Waals surface area contributed by atoms with Crippen LogP contribution in [0.3, 0.4) is 0 Å². The average Bonchev–Trinajstić information content (AvgIpc) is 1.69. The van der Waals surface area contributed by atoms with Gasteiger partial charge in [-0.3, -0.25) is 4.42 Å². The SMILES string of the molecule is ClN1[C]=CC=CC1. The van der Waals surface area contributed by atoms with Crippen molar-refractivity contribution in [2.24, 2.45) is 0 Å². The van der Waals surface area contributed by atoms with E-state index in [2.05, 4.69) is 6.20 Å². The van der Waals surface area contributed by atoms with Crippen molar-refractivity contribution in [1.82, 2.24) is 4.42 Å². The van der Waals surface area contributed by atoms with Crippen LogP contribution in [0.25, 0.3) is 0 Å². The molecule has 0 spiro atoms. The van der Waals surface area contributed by atoms with Crippen LogP contribution >= 0.6 is 11.8 Å². The third-order valence-corrected chi connectivity index (χ3v) is 0.948. The lowest BCUT2D eigenvalue weighted by molar-refractivity contribution is 0.643. The van der Waals surface area contributed by atoms with E-state index in [0.717, 1.165) is 6.54 Å². The molecule has 1 nitrogen and oxygen atoms in total. The summed E-state index contributed by atoms with van der Waals surface area (Å²) in [6.45, 7) is 0.762. The van der Waals surface area contributed by atoms with Crippen molar-refractivity contribution in [2.75, 3.05) is 6.54 Å². The van der Waals surface area contributed by atoms with E-state index in [9.17, 15) is 0 Å². The van der Waals surface area contributed by atoms with Gasteiger partial charge in [0.2, 0.25) is 0 Å². The highest BCUT2D eigenvalue weighted by atomic mass is 35.5. The highest BCUT2D eigenvalue weighted by molar-refractivity contribution is 6.13. The lowest BCUT2D eigenvalue weighted by Crippen LogP contribution is -2.05. The lowest BCUT2D eigenvalue weighted by Gasteiger charge is -2.06.